The molecule has 14 heavy (non-hydrogen) atoms. The molecule has 1 saturated heterocycles. The van der Waals surface area contributed by atoms with Crippen molar-refractivity contribution in [3.63, 3.8) is 0 Å². The van der Waals surface area contributed by atoms with E-state index in [0.717, 1.165) is 19.5 Å². The quantitative estimate of drug-likeness (QED) is 0.757. The van der Waals surface area contributed by atoms with E-state index >= 15 is 0 Å². The van der Waals surface area contributed by atoms with E-state index in [2.05, 4.69) is 10.4 Å². The standard InChI is InChI=1S/C9H9ClN4/c10-8-7(6-11)2-4-12-9(8)14-5-1-3-13-14/h2,4,13H,1,3,5H2. The summed E-state index contributed by atoms with van der Waals surface area (Å²) in [7, 11) is 0. The number of nitrogens with one attached hydrogen (secondary N) is 1. The predicted molar refractivity (Wildman–Crippen MR) is 53.9 cm³/mol. The largest absolute Gasteiger partial charge is 0.291 e. The van der Waals surface area contributed by atoms with Gasteiger partial charge in [0.2, 0.25) is 0 Å². The molecular weight excluding hydrogens is 200 g/mol. The van der Waals surface area contributed by atoms with E-state index in [9.17, 15) is 0 Å². The number of aromatic nitrogens is 1. The number of hydrogen-bond acceptors (Lipinski definition) is 4. The van der Waals surface area contributed by atoms with E-state index in [1.807, 2.05) is 11.1 Å². The molecule has 0 aromatic carbocycles. The van der Waals surface area contributed by atoms with Gasteiger partial charge in [-0.15, -0.1) is 0 Å². The molecule has 5 heteroatoms. The first-order valence-corrected chi connectivity index (χ1v) is 4.76. The minimum atomic E-state index is 0.421. The van der Waals surface area contributed by atoms with Crippen LogP contribution in [0.15, 0.2) is 12.3 Å². The number of nitriles is 1. The Balaban J connectivity index is 2.38. The van der Waals surface area contributed by atoms with Crippen molar-refractivity contribution in [1.29, 1.82) is 5.26 Å². The number of halogens is 1. The third-order valence-electron chi connectivity index (χ3n) is 2.11. The van der Waals surface area contributed by atoms with Crippen LogP contribution in [0.25, 0.3) is 0 Å². The summed E-state index contributed by atoms with van der Waals surface area (Å²) in [5.74, 6) is 0.642. The molecule has 0 saturated carbocycles. The van der Waals surface area contributed by atoms with E-state index < -0.39 is 0 Å². The highest BCUT2D eigenvalue weighted by atomic mass is 35.5. The minimum absolute atomic E-state index is 0.421. The Bertz CT molecular complexity index is 379. The number of hydrogen-bond donors (Lipinski definition) is 1. The topological polar surface area (TPSA) is 52.0 Å². The Labute approximate surface area is 87.1 Å². The summed E-state index contributed by atoms with van der Waals surface area (Å²) in [6, 6.07) is 3.65. The molecule has 4 nitrogen and oxygen atoms in total. The zero-order valence-corrected chi connectivity index (χ0v) is 8.25. The van der Waals surface area contributed by atoms with Gasteiger partial charge >= 0.3 is 0 Å². The SMILES string of the molecule is N#Cc1ccnc(N2CCCN2)c1Cl. The predicted octanol–water partition coefficient (Wildman–Crippen LogP) is 1.32. The average Bonchev–Trinajstić information content (AvgIpc) is 2.71. The second-order valence-corrected chi connectivity index (χ2v) is 3.40. The number of rotatable bonds is 1. The molecule has 0 bridgehead atoms. The molecule has 0 amide bonds. The Morgan fingerprint density at radius 3 is 3.14 bits per heavy atom. The van der Waals surface area contributed by atoms with Gasteiger partial charge in [-0.1, -0.05) is 11.6 Å². The molecule has 1 fully saturated rings. The van der Waals surface area contributed by atoms with E-state index in [4.69, 9.17) is 16.9 Å². The monoisotopic (exact) mass is 208 g/mol. The molecule has 1 aliphatic rings. The Kier molecular flexibility index (Phi) is 2.53. The van der Waals surface area contributed by atoms with Gasteiger partial charge < -0.3 is 0 Å². The lowest BCUT2D eigenvalue weighted by Gasteiger charge is -2.17. The maximum Gasteiger partial charge on any atom is 0.163 e. The lowest BCUT2D eigenvalue weighted by Crippen LogP contribution is -2.31. The smallest absolute Gasteiger partial charge is 0.163 e. The molecule has 72 valence electrons. The summed E-state index contributed by atoms with van der Waals surface area (Å²) < 4.78 is 0. The normalized spacial score (nSPS) is 15.6. The van der Waals surface area contributed by atoms with Crippen molar-refractivity contribution in [1.82, 2.24) is 10.4 Å². The van der Waals surface area contributed by atoms with Gasteiger partial charge in [-0.25, -0.2) is 10.4 Å². The summed E-state index contributed by atoms with van der Waals surface area (Å²) in [6.45, 7) is 1.80. The fraction of sp³-hybridized carbons (Fsp3) is 0.333. The highest BCUT2D eigenvalue weighted by molar-refractivity contribution is 6.34. The lowest BCUT2D eigenvalue weighted by atomic mass is 10.3. The van der Waals surface area contributed by atoms with Crippen molar-refractivity contribution in [3.8, 4) is 6.07 Å². The summed E-state index contributed by atoms with van der Waals surface area (Å²) >= 11 is 6.02. The number of pyridine rings is 1. The van der Waals surface area contributed by atoms with Gasteiger partial charge in [0.15, 0.2) is 5.82 Å². The summed E-state index contributed by atoms with van der Waals surface area (Å²) in [5.41, 5.74) is 3.61. The van der Waals surface area contributed by atoms with Gasteiger partial charge in [0, 0.05) is 19.3 Å². The maximum atomic E-state index is 8.78. The van der Waals surface area contributed by atoms with Crippen LogP contribution in [0.2, 0.25) is 5.02 Å². The molecule has 1 aromatic heterocycles. The Morgan fingerprint density at radius 1 is 1.64 bits per heavy atom. The van der Waals surface area contributed by atoms with Gasteiger partial charge in [0.1, 0.15) is 11.1 Å². The molecule has 0 aliphatic carbocycles. The molecular formula is C9H9ClN4. The van der Waals surface area contributed by atoms with Crippen molar-refractivity contribution in [2.45, 2.75) is 6.42 Å². The maximum absolute atomic E-state index is 8.78. The van der Waals surface area contributed by atoms with Crippen LogP contribution in [-0.2, 0) is 0 Å². The summed E-state index contributed by atoms with van der Waals surface area (Å²) in [6.07, 6.45) is 2.66. The zero-order chi connectivity index (χ0) is 9.97. The van der Waals surface area contributed by atoms with Crippen LogP contribution < -0.4 is 10.4 Å². The van der Waals surface area contributed by atoms with Crippen LogP contribution in [0.1, 0.15) is 12.0 Å². The van der Waals surface area contributed by atoms with Crippen molar-refractivity contribution in [2.75, 3.05) is 18.1 Å². The van der Waals surface area contributed by atoms with E-state index in [0.29, 0.717) is 16.4 Å². The molecule has 1 aromatic rings. The molecule has 0 spiro atoms. The van der Waals surface area contributed by atoms with Gasteiger partial charge in [0.05, 0.1) is 5.56 Å². The van der Waals surface area contributed by atoms with E-state index in [-0.39, 0.29) is 0 Å². The van der Waals surface area contributed by atoms with Crippen LogP contribution in [-0.4, -0.2) is 18.1 Å². The van der Waals surface area contributed by atoms with Crippen LogP contribution in [0.4, 0.5) is 5.82 Å². The number of nitrogens with zero attached hydrogens (tertiary/aromatic N) is 3. The van der Waals surface area contributed by atoms with Crippen LogP contribution in [0.3, 0.4) is 0 Å². The van der Waals surface area contributed by atoms with Crippen molar-refractivity contribution >= 4 is 17.4 Å². The van der Waals surface area contributed by atoms with Crippen LogP contribution in [0, 0.1) is 11.3 Å². The van der Waals surface area contributed by atoms with Gasteiger partial charge in [0.25, 0.3) is 0 Å². The van der Waals surface area contributed by atoms with Gasteiger partial charge in [-0.05, 0) is 12.5 Å². The molecule has 1 aliphatic heterocycles. The molecule has 0 radical (unpaired) electrons. The summed E-state index contributed by atoms with van der Waals surface area (Å²) in [4.78, 5) is 4.15. The molecule has 2 rings (SSSR count). The molecule has 0 atom stereocenters. The first-order valence-electron chi connectivity index (χ1n) is 4.38. The third kappa shape index (κ3) is 1.52. The zero-order valence-electron chi connectivity index (χ0n) is 7.50. The van der Waals surface area contributed by atoms with Crippen LogP contribution in [0.5, 0.6) is 0 Å². The number of anilines is 1. The van der Waals surface area contributed by atoms with Crippen molar-refractivity contribution < 1.29 is 0 Å². The Hall–Kier alpha value is -1.31. The fourth-order valence-electron chi connectivity index (χ4n) is 1.42. The Morgan fingerprint density at radius 2 is 2.50 bits per heavy atom. The lowest BCUT2D eigenvalue weighted by molar-refractivity contribution is 0.773. The van der Waals surface area contributed by atoms with E-state index in [1.54, 1.807) is 12.3 Å². The van der Waals surface area contributed by atoms with Crippen molar-refractivity contribution in [3.05, 3.63) is 22.8 Å². The van der Waals surface area contributed by atoms with E-state index in [1.165, 1.54) is 0 Å². The first-order chi connectivity index (χ1) is 6.83. The average molecular weight is 209 g/mol. The third-order valence-corrected chi connectivity index (χ3v) is 2.48. The molecule has 1 N–H and O–H groups in total. The van der Waals surface area contributed by atoms with Gasteiger partial charge in [-0.2, -0.15) is 5.26 Å². The highest BCUT2D eigenvalue weighted by Crippen LogP contribution is 2.26. The summed E-state index contributed by atoms with van der Waals surface area (Å²) in [5, 5.41) is 11.1. The first kappa shape index (κ1) is 9.25. The molecule has 2 heterocycles. The second-order valence-electron chi connectivity index (χ2n) is 3.02. The second kappa shape index (κ2) is 3.82. The minimum Gasteiger partial charge on any atom is -0.291 e. The highest BCUT2D eigenvalue weighted by Gasteiger charge is 2.17. The molecule has 0 unspecified atom stereocenters. The van der Waals surface area contributed by atoms with Gasteiger partial charge in [-0.3, -0.25) is 5.01 Å². The van der Waals surface area contributed by atoms with Crippen molar-refractivity contribution in [2.24, 2.45) is 0 Å². The van der Waals surface area contributed by atoms with Crippen LogP contribution >= 0.6 is 11.6 Å². The fourth-order valence-corrected chi connectivity index (χ4v) is 1.67. The number of hydrazine groups is 1.